The fourth-order valence-corrected chi connectivity index (χ4v) is 5.00. The molecular formula is C24H34N4O4S. The van der Waals surface area contributed by atoms with Crippen molar-refractivity contribution in [3.8, 4) is 11.5 Å². The zero-order chi connectivity index (χ0) is 23.8. The number of benzene rings is 1. The number of likely N-dealkylation sites (N-methyl/N-ethyl adjacent to an activating group) is 1. The molecule has 0 unspecified atom stereocenters. The highest BCUT2D eigenvalue weighted by molar-refractivity contribution is 8.00. The van der Waals surface area contributed by atoms with Crippen LogP contribution in [0.15, 0.2) is 28.0 Å². The Morgan fingerprint density at radius 3 is 2.58 bits per heavy atom. The predicted molar refractivity (Wildman–Crippen MR) is 132 cm³/mol. The summed E-state index contributed by atoms with van der Waals surface area (Å²) in [4.78, 5) is 32.1. The van der Waals surface area contributed by atoms with Gasteiger partial charge >= 0.3 is 5.69 Å². The van der Waals surface area contributed by atoms with Crippen LogP contribution in [0.3, 0.4) is 0 Å². The van der Waals surface area contributed by atoms with Gasteiger partial charge in [-0.05, 0) is 50.9 Å². The van der Waals surface area contributed by atoms with E-state index < -0.39 is 0 Å². The van der Waals surface area contributed by atoms with Crippen LogP contribution in [0.1, 0.15) is 37.9 Å². The fraction of sp³-hybridized carbons (Fsp3) is 0.542. The molecular weight excluding hydrogens is 440 g/mol. The van der Waals surface area contributed by atoms with Crippen LogP contribution in [-0.2, 0) is 24.2 Å². The highest BCUT2D eigenvalue weighted by Crippen LogP contribution is 2.31. The van der Waals surface area contributed by atoms with Crippen molar-refractivity contribution in [2.45, 2.75) is 51.1 Å². The summed E-state index contributed by atoms with van der Waals surface area (Å²) in [5, 5.41) is 3.57. The SMILES string of the molecule is CCN(CC)CCn1c2c(c(SCC(=O)Nc3ccc(OC)c(OC)c3)nc1=O)CCCC2. The molecule has 1 aromatic carbocycles. The molecule has 0 bridgehead atoms. The molecule has 180 valence electrons. The van der Waals surface area contributed by atoms with Gasteiger partial charge in [0.05, 0.1) is 20.0 Å². The quantitative estimate of drug-likeness (QED) is 0.395. The van der Waals surface area contributed by atoms with Crippen LogP contribution in [0.4, 0.5) is 5.69 Å². The van der Waals surface area contributed by atoms with E-state index in [9.17, 15) is 9.59 Å². The van der Waals surface area contributed by atoms with Crippen molar-refractivity contribution < 1.29 is 14.3 Å². The molecule has 1 amide bonds. The van der Waals surface area contributed by atoms with E-state index in [1.807, 2.05) is 4.57 Å². The Balaban J connectivity index is 1.71. The van der Waals surface area contributed by atoms with E-state index in [1.54, 1.807) is 32.4 Å². The molecule has 8 nitrogen and oxygen atoms in total. The van der Waals surface area contributed by atoms with Crippen LogP contribution in [-0.4, -0.2) is 60.0 Å². The van der Waals surface area contributed by atoms with E-state index in [-0.39, 0.29) is 17.3 Å². The molecule has 9 heteroatoms. The summed E-state index contributed by atoms with van der Waals surface area (Å²) in [6.07, 6.45) is 3.93. The normalized spacial score (nSPS) is 13.0. The second-order valence-corrected chi connectivity index (χ2v) is 8.88. The maximum atomic E-state index is 12.9. The first-order valence-corrected chi connectivity index (χ1v) is 12.5. The van der Waals surface area contributed by atoms with Crippen molar-refractivity contribution in [1.29, 1.82) is 0 Å². The third-order valence-electron chi connectivity index (χ3n) is 5.99. The van der Waals surface area contributed by atoms with E-state index in [1.165, 1.54) is 11.8 Å². The lowest BCUT2D eigenvalue weighted by molar-refractivity contribution is -0.113. The van der Waals surface area contributed by atoms with Crippen molar-refractivity contribution in [2.24, 2.45) is 0 Å². The van der Waals surface area contributed by atoms with E-state index in [0.717, 1.165) is 56.6 Å². The lowest BCUT2D eigenvalue weighted by Gasteiger charge is -2.24. The Hall–Kier alpha value is -2.52. The summed E-state index contributed by atoms with van der Waals surface area (Å²) in [5.41, 5.74) is 2.63. The number of ether oxygens (including phenoxy) is 2. The summed E-state index contributed by atoms with van der Waals surface area (Å²) >= 11 is 1.33. The van der Waals surface area contributed by atoms with Crippen molar-refractivity contribution in [1.82, 2.24) is 14.5 Å². The van der Waals surface area contributed by atoms with Crippen LogP contribution >= 0.6 is 11.8 Å². The fourth-order valence-electron chi connectivity index (χ4n) is 4.12. The standard InChI is InChI=1S/C24H34N4O4S/c1-5-27(6-2)13-14-28-19-10-8-7-9-18(19)23(26-24(28)30)33-16-22(29)25-17-11-12-20(31-3)21(15-17)32-4/h11-12,15H,5-10,13-14,16H2,1-4H3,(H,25,29). The summed E-state index contributed by atoms with van der Waals surface area (Å²) in [6.45, 7) is 7.68. The minimum absolute atomic E-state index is 0.163. The number of amides is 1. The van der Waals surface area contributed by atoms with E-state index in [4.69, 9.17) is 9.47 Å². The number of nitrogens with one attached hydrogen (secondary N) is 1. The zero-order valence-corrected chi connectivity index (χ0v) is 20.8. The molecule has 0 saturated heterocycles. The van der Waals surface area contributed by atoms with Crippen LogP contribution in [0.5, 0.6) is 11.5 Å². The third kappa shape index (κ3) is 6.29. The number of carbonyl (C=O) groups excluding carboxylic acids is 1. The van der Waals surface area contributed by atoms with Crippen molar-refractivity contribution in [3.05, 3.63) is 39.9 Å². The Bertz CT molecular complexity index is 1020. The molecule has 1 aliphatic rings. The lowest BCUT2D eigenvalue weighted by atomic mass is 9.97. The van der Waals surface area contributed by atoms with Gasteiger partial charge in [-0.25, -0.2) is 4.79 Å². The number of fused-ring (bicyclic) bond motifs is 1. The average Bonchev–Trinajstić information content (AvgIpc) is 2.84. The van der Waals surface area contributed by atoms with Crippen LogP contribution in [0, 0.1) is 0 Å². The van der Waals surface area contributed by atoms with E-state index in [2.05, 4.69) is 29.0 Å². The summed E-state index contributed by atoms with van der Waals surface area (Å²) in [5.74, 6) is 1.16. The van der Waals surface area contributed by atoms with Gasteiger partial charge in [0.1, 0.15) is 5.03 Å². The molecule has 0 aliphatic heterocycles. The number of rotatable bonds is 11. The number of hydrogen-bond donors (Lipinski definition) is 1. The Labute approximate surface area is 199 Å². The van der Waals surface area contributed by atoms with E-state index >= 15 is 0 Å². The Kier molecular flexibility index (Phi) is 9.20. The molecule has 1 aliphatic carbocycles. The number of carbonyl (C=O) groups is 1. The first kappa shape index (κ1) is 25.1. The van der Waals surface area contributed by atoms with E-state index in [0.29, 0.717) is 28.8 Å². The lowest BCUT2D eigenvalue weighted by Crippen LogP contribution is -2.35. The van der Waals surface area contributed by atoms with Crippen molar-refractivity contribution >= 4 is 23.4 Å². The molecule has 1 N–H and O–H groups in total. The second kappa shape index (κ2) is 12.1. The van der Waals surface area contributed by atoms with Crippen LogP contribution < -0.4 is 20.5 Å². The minimum Gasteiger partial charge on any atom is -0.493 e. The van der Waals surface area contributed by atoms with Crippen molar-refractivity contribution in [2.75, 3.05) is 44.9 Å². The second-order valence-electron chi connectivity index (χ2n) is 7.92. The van der Waals surface area contributed by atoms with Gasteiger partial charge in [0.15, 0.2) is 11.5 Å². The number of anilines is 1. The van der Waals surface area contributed by atoms with Crippen LogP contribution in [0.25, 0.3) is 0 Å². The molecule has 0 spiro atoms. The molecule has 0 atom stereocenters. The van der Waals surface area contributed by atoms with Crippen molar-refractivity contribution in [3.63, 3.8) is 0 Å². The maximum Gasteiger partial charge on any atom is 0.348 e. The molecule has 33 heavy (non-hydrogen) atoms. The number of hydrogen-bond acceptors (Lipinski definition) is 7. The highest BCUT2D eigenvalue weighted by atomic mass is 32.2. The smallest absolute Gasteiger partial charge is 0.348 e. The first-order valence-electron chi connectivity index (χ1n) is 11.5. The summed E-state index contributed by atoms with van der Waals surface area (Å²) in [6, 6.07) is 5.23. The average molecular weight is 475 g/mol. The number of aromatic nitrogens is 2. The molecule has 0 saturated carbocycles. The Morgan fingerprint density at radius 1 is 1.15 bits per heavy atom. The first-order chi connectivity index (χ1) is 16.0. The van der Waals surface area contributed by atoms with Gasteiger partial charge in [-0.2, -0.15) is 4.98 Å². The molecule has 1 aromatic heterocycles. The minimum atomic E-state index is -0.217. The topological polar surface area (TPSA) is 85.7 Å². The van der Waals surface area contributed by atoms with Gasteiger partial charge < -0.3 is 19.7 Å². The summed E-state index contributed by atoms with van der Waals surface area (Å²) in [7, 11) is 3.12. The van der Waals surface area contributed by atoms with Gasteiger partial charge in [-0.15, -0.1) is 0 Å². The van der Waals surface area contributed by atoms with Gasteiger partial charge in [-0.3, -0.25) is 9.36 Å². The molecule has 1 heterocycles. The Morgan fingerprint density at radius 2 is 1.88 bits per heavy atom. The maximum absolute atomic E-state index is 12.9. The van der Waals surface area contributed by atoms with Crippen LogP contribution in [0.2, 0.25) is 0 Å². The largest absolute Gasteiger partial charge is 0.493 e. The molecule has 0 fully saturated rings. The monoisotopic (exact) mass is 474 g/mol. The summed E-state index contributed by atoms with van der Waals surface area (Å²) < 4.78 is 12.4. The van der Waals surface area contributed by atoms with Gasteiger partial charge in [0.2, 0.25) is 5.91 Å². The number of methoxy groups -OCH3 is 2. The number of thioether (sulfide) groups is 1. The van der Waals surface area contributed by atoms with Gasteiger partial charge in [0, 0.05) is 36.1 Å². The molecule has 3 rings (SSSR count). The molecule has 0 radical (unpaired) electrons. The number of nitrogens with zero attached hydrogens (tertiary/aromatic N) is 3. The van der Waals surface area contributed by atoms with Gasteiger partial charge in [0.25, 0.3) is 0 Å². The van der Waals surface area contributed by atoms with Gasteiger partial charge in [-0.1, -0.05) is 25.6 Å². The third-order valence-corrected chi connectivity index (χ3v) is 7.01. The molecule has 2 aromatic rings. The highest BCUT2D eigenvalue weighted by Gasteiger charge is 2.21. The predicted octanol–water partition coefficient (Wildman–Crippen LogP) is 3.21. The zero-order valence-electron chi connectivity index (χ0n) is 20.0.